The number of anilines is 1. The fourth-order valence-corrected chi connectivity index (χ4v) is 4.94. The van der Waals surface area contributed by atoms with Crippen molar-refractivity contribution in [1.82, 2.24) is 4.90 Å². The van der Waals surface area contributed by atoms with Crippen molar-refractivity contribution in [2.45, 2.75) is 31.5 Å². The van der Waals surface area contributed by atoms with Crippen molar-refractivity contribution < 1.29 is 4.74 Å². The van der Waals surface area contributed by atoms with E-state index in [0.717, 1.165) is 25.4 Å². The predicted octanol–water partition coefficient (Wildman–Crippen LogP) is 4.12. The molecule has 1 N–H and O–H groups in total. The number of fused-ring (bicyclic) bond motifs is 1. The molecule has 0 amide bonds. The van der Waals surface area contributed by atoms with Gasteiger partial charge in [-0.15, -0.1) is 0 Å². The minimum Gasteiger partial charge on any atom is -0.465 e. The van der Waals surface area contributed by atoms with E-state index in [-0.39, 0.29) is 5.72 Å². The van der Waals surface area contributed by atoms with Gasteiger partial charge in [-0.1, -0.05) is 48.9 Å². The first-order valence-corrected chi connectivity index (χ1v) is 9.16. The zero-order chi connectivity index (χ0) is 16.0. The van der Waals surface area contributed by atoms with Crippen LogP contribution in [-0.2, 0) is 6.54 Å². The van der Waals surface area contributed by atoms with Gasteiger partial charge in [0, 0.05) is 31.5 Å². The molecule has 1 aliphatic carbocycles. The van der Waals surface area contributed by atoms with E-state index < -0.39 is 0 Å². The number of nitrogens with zero attached hydrogens (tertiary/aromatic N) is 1. The van der Waals surface area contributed by atoms with Crippen LogP contribution >= 0.6 is 0 Å². The molecule has 2 unspecified atom stereocenters. The number of ether oxygens (including phenoxy) is 1. The van der Waals surface area contributed by atoms with E-state index in [1.54, 1.807) is 0 Å². The zero-order valence-corrected chi connectivity index (χ0v) is 13.9. The number of rotatable bonds is 2. The van der Waals surface area contributed by atoms with Gasteiger partial charge in [-0.25, -0.2) is 0 Å². The molecule has 2 heterocycles. The molecule has 3 heteroatoms. The molecule has 1 saturated carbocycles. The summed E-state index contributed by atoms with van der Waals surface area (Å²) in [5.74, 6) is 2.15. The summed E-state index contributed by atoms with van der Waals surface area (Å²) < 4.78 is 6.56. The molecule has 2 bridgehead atoms. The molecule has 5 rings (SSSR count). The van der Waals surface area contributed by atoms with Crippen molar-refractivity contribution in [2.24, 2.45) is 11.8 Å². The smallest absolute Gasteiger partial charge is 0.188 e. The van der Waals surface area contributed by atoms with Crippen LogP contribution in [0.15, 0.2) is 54.6 Å². The summed E-state index contributed by atoms with van der Waals surface area (Å²) in [5, 5.41) is 3.79. The molecule has 24 heavy (non-hydrogen) atoms. The molecule has 3 nitrogen and oxygen atoms in total. The molecule has 0 radical (unpaired) electrons. The summed E-state index contributed by atoms with van der Waals surface area (Å²) in [6.07, 6.45) is 3.84. The Labute approximate surface area is 143 Å². The van der Waals surface area contributed by atoms with Crippen molar-refractivity contribution in [1.29, 1.82) is 0 Å². The average Bonchev–Trinajstić information content (AvgIpc) is 2.96. The lowest BCUT2D eigenvalue weighted by molar-refractivity contribution is -0.0952. The number of para-hydroxylation sites is 2. The number of likely N-dealkylation sites (tertiary alicyclic amines) is 1. The van der Waals surface area contributed by atoms with E-state index in [0.29, 0.717) is 11.8 Å². The third-order valence-corrected chi connectivity index (χ3v) is 6.02. The summed E-state index contributed by atoms with van der Waals surface area (Å²) >= 11 is 0. The third-order valence-electron chi connectivity index (χ3n) is 6.02. The van der Waals surface area contributed by atoms with Crippen LogP contribution in [0.3, 0.4) is 0 Å². The minimum absolute atomic E-state index is 0.172. The number of piperidine rings is 1. The molecule has 124 valence electrons. The highest BCUT2D eigenvalue weighted by Crippen LogP contribution is 2.51. The summed E-state index contributed by atoms with van der Waals surface area (Å²) in [6.45, 7) is 3.29. The van der Waals surface area contributed by atoms with Crippen molar-refractivity contribution in [3.63, 3.8) is 0 Å². The second kappa shape index (κ2) is 5.52. The normalized spacial score (nSPS) is 31.3. The van der Waals surface area contributed by atoms with Crippen LogP contribution in [-0.4, -0.2) is 23.7 Å². The van der Waals surface area contributed by atoms with Crippen LogP contribution in [0.5, 0.6) is 5.75 Å². The Kier molecular flexibility index (Phi) is 3.30. The van der Waals surface area contributed by atoms with Crippen molar-refractivity contribution >= 4 is 5.69 Å². The van der Waals surface area contributed by atoms with Gasteiger partial charge in [-0.05, 0) is 30.5 Å². The molecule has 0 aromatic heterocycles. The fourth-order valence-electron chi connectivity index (χ4n) is 4.94. The summed E-state index contributed by atoms with van der Waals surface area (Å²) in [7, 11) is 0. The van der Waals surface area contributed by atoms with Crippen LogP contribution in [0, 0.1) is 11.8 Å². The molecule has 2 atom stereocenters. The molecular formula is C21H24N2O. The molecule has 2 aliphatic heterocycles. The Bertz CT molecular complexity index is 689. The number of nitrogens with one attached hydrogen (secondary N) is 1. The van der Waals surface area contributed by atoms with Gasteiger partial charge in [0.15, 0.2) is 5.72 Å². The third kappa shape index (κ3) is 2.22. The van der Waals surface area contributed by atoms with Gasteiger partial charge in [0.1, 0.15) is 5.75 Å². The summed E-state index contributed by atoms with van der Waals surface area (Å²) in [5.41, 5.74) is 2.41. The van der Waals surface area contributed by atoms with Crippen molar-refractivity contribution in [3.8, 4) is 5.75 Å². The SMILES string of the molecule is c1ccc(CN2CC3CCCC(C2)C32Nc3ccccc3O2)cc1. The molecular weight excluding hydrogens is 296 g/mol. The summed E-state index contributed by atoms with van der Waals surface area (Å²) in [6, 6.07) is 19.3. The second-order valence-electron chi connectivity index (χ2n) is 7.52. The maximum absolute atomic E-state index is 6.56. The van der Waals surface area contributed by atoms with Crippen LogP contribution in [0.4, 0.5) is 5.69 Å². The highest BCUT2D eigenvalue weighted by molar-refractivity contribution is 5.62. The Balaban J connectivity index is 1.39. The van der Waals surface area contributed by atoms with Gasteiger partial charge >= 0.3 is 0 Å². The largest absolute Gasteiger partial charge is 0.465 e. The fraction of sp³-hybridized carbons (Fsp3) is 0.429. The minimum atomic E-state index is -0.172. The monoisotopic (exact) mass is 320 g/mol. The predicted molar refractivity (Wildman–Crippen MR) is 96.0 cm³/mol. The zero-order valence-electron chi connectivity index (χ0n) is 13.9. The van der Waals surface area contributed by atoms with E-state index >= 15 is 0 Å². The first-order valence-electron chi connectivity index (χ1n) is 9.16. The number of hydrogen-bond donors (Lipinski definition) is 1. The Hall–Kier alpha value is -2.00. The molecule has 3 aliphatic rings. The van der Waals surface area contributed by atoms with E-state index in [2.05, 4.69) is 64.8 Å². The lowest BCUT2D eigenvalue weighted by Gasteiger charge is -2.53. The van der Waals surface area contributed by atoms with E-state index in [1.807, 2.05) is 0 Å². The number of benzene rings is 2. The maximum Gasteiger partial charge on any atom is 0.188 e. The average molecular weight is 320 g/mol. The van der Waals surface area contributed by atoms with Crippen molar-refractivity contribution in [2.75, 3.05) is 18.4 Å². The Morgan fingerprint density at radius 2 is 1.67 bits per heavy atom. The van der Waals surface area contributed by atoms with E-state index in [1.165, 1.54) is 30.5 Å². The van der Waals surface area contributed by atoms with Gasteiger partial charge in [-0.3, -0.25) is 4.90 Å². The lowest BCUT2D eigenvalue weighted by Crippen LogP contribution is -2.65. The van der Waals surface area contributed by atoms with Crippen LogP contribution in [0.2, 0.25) is 0 Å². The lowest BCUT2D eigenvalue weighted by atomic mass is 9.70. The van der Waals surface area contributed by atoms with E-state index in [9.17, 15) is 0 Å². The molecule has 2 aromatic rings. The molecule has 1 spiro atoms. The van der Waals surface area contributed by atoms with Crippen LogP contribution < -0.4 is 10.1 Å². The van der Waals surface area contributed by atoms with Crippen LogP contribution in [0.25, 0.3) is 0 Å². The van der Waals surface area contributed by atoms with Gasteiger partial charge in [-0.2, -0.15) is 0 Å². The maximum atomic E-state index is 6.56. The van der Waals surface area contributed by atoms with Gasteiger partial charge < -0.3 is 10.1 Å². The second-order valence-corrected chi connectivity index (χ2v) is 7.52. The topological polar surface area (TPSA) is 24.5 Å². The van der Waals surface area contributed by atoms with E-state index in [4.69, 9.17) is 4.74 Å². The van der Waals surface area contributed by atoms with Gasteiger partial charge in [0.2, 0.25) is 0 Å². The molecule has 1 saturated heterocycles. The standard InChI is InChI=1S/C21H24N2O/c1-2-7-16(8-3-1)13-23-14-17-9-6-10-18(15-23)21(17)22-19-11-4-5-12-20(19)24-21/h1-5,7-8,11-12,17-18,22H,6,9-10,13-15H2. The first kappa shape index (κ1) is 14.4. The van der Waals surface area contributed by atoms with Gasteiger partial charge in [0.25, 0.3) is 0 Å². The van der Waals surface area contributed by atoms with Crippen molar-refractivity contribution in [3.05, 3.63) is 60.2 Å². The van der Waals surface area contributed by atoms with Gasteiger partial charge in [0.05, 0.1) is 5.69 Å². The highest BCUT2D eigenvalue weighted by atomic mass is 16.5. The molecule has 2 aromatic carbocycles. The van der Waals surface area contributed by atoms with Crippen LogP contribution in [0.1, 0.15) is 24.8 Å². The molecule has 2 fully saturated rings. The highest BCUT2D eigenvalue weighted by Gasteiger charge is 2.56. The Morgan fingerprint density at radius 3 is 2.42 bits per heavy atom. The Morgan fingerprint density at radius 1 is 0.958 bits per heavy atom. The quantitative estimate of drug-likeness (QED) is 0.901. The number of hydrogen-bond acceptors (Lipinski definition) is 3. The first-order chi connectivity index (χ1) is 11.8. The summed E-state index contributed by atoms with van der Waals surface area (Å²) in [4.78, 5) is 2.63.